The van der Waals surface area contributed by atoms with Crippen LogP contribution in [0.5, 0.6) is 0 Å². The Morgan fingerprint density at radius 3 is 2.57 bits per heavy atom. The number of halogens is 1. The zero-order valence-electron chi connectivity index (χ0n) is 12.1. The number of rotatable bonds is 6. The maximum Gasteiger partial charge on any atom is 0.244 e. The zero-order valence-corrected chi connectivity index (χ0v) is 12.9. The van der Waals surface area contributed by atoms with Crippen LogP contribution >= 0.6 is 11.6 Å². The van der Waals surface area contributed by atoms with Gasteiger partial charge in [0, 0.05) is 0 Å². The number of carbonyl (C=O) groups excluding carboxylic acids is 1. The Hall–Kier alpha value is -1.85. The topological polar surface area (TPSA) is 72.9 Å². The molecule has 0 saturated carbocycles. The monoisotopic (exact) mass is 306 g/mol. The number of nitrogens with two attached hydrogens (primary N) is 1. The predicted octanol–water partition coefficient (Wildman–Crippen LogP) is 1.84. The summed E-state index contributed by atoms with van der Waals surface area (Å²) >= 11 is 6.04. The number of nitrogens with zero attached hydrogens (tertiary/aromatic N) is 2. The van der Waals surface area contributed by atoms with E-state index in [4.69, 9.17) is 17.3 Å². The molecule has 0 spiro atoms. The Bertz CT molecular complexity index is 626. The molecule has 1 heterocycles. The summed E-state index contributed by atoms with van der Waals surface area (Å²) in [5.41, 5.74) is 6.31. The van der Waals surface area contributed by atoms with E-state index in [0.29, 0.717) is 18.1 Å². The van der Waals surface area contributed by atoms with Crippen LogP contribution in [0.25, 0.3) is 0 Å². The van der Waals surface area contributed by atoms with Crippen molar-refractivity contribution in [3.05, 3.63) is 52.8 Å². The van der Waals surface area contributed by atoms with Gasteiger partial charge in [-0.3, -0.25) is 14.8 Å². The SMILES string of the molecule is CCNC(Cn1ncc(Cl)c1C)(C(N)=O)c1ccccc1. The fourth-order valence-electron chi connectivity index (χ4n) is 2.39. The van der Waals surface area contributed by atoms with Crippen molar-refractivity contribution in [1.29, 1.82) is 0 Å². The molecule has 21 heavy (non-hydrogen) atoms. The number of benzene rings is 1. The Labute approximate surface area is 129 Å². The van der Waals surface area contributed by atoms with Crippen molar-refractivity contribution >= 4 is 17.5 Å². The first kappa shape index (κ1) is 15.5. The van der Waals surface area contributed by atoms with Gasteiger partial charge in [0.15, 0.2) is 0 Å². The van der Waals surface area contributed by atoms with Crippen molar-refractivity contribution in [2.24, 2.45) is 5.73 Å². The molecular weight excluding hydrogens is 288 g/mol. The van der Waals surface area contributed by atoms with Crippen LogP contribution in [0.15, 0.2) is 36.5 Å². The Morgan fingerprint density at radius 1 is 1.43 bits per heavy atom. The summed E-state index contributed by atoms with van der Waals surface area (Å²) in [6.07, 6.45) is 1.57. The number of hydrogen-bond donors (Lipinski definition) is 2. The van der Waals surface area contributed by atoms with Crippen LogP contribution in [-0.4, -0.2) is 22.2 Å². The number of nitrogens with one attached hydrogen (secondary N) is 1. The lowest BCUT2D eigenvalue weighted by Gasteiger charge is -2.32. The van der Waals surface area contributed by atoms with Gasteiger partial charge in [-0.1, -0.05) is 48.9 Å². The van der Waals surface area contributed by atoms with Gasteiger partial charge in [0.1, 0.15) is 5.54 Å². The first-order valence-corrected chi connectivity index (χ1v) is 7.17. The number of likely N-dealkylation sites (N-methyl/N-ethyl adjacent to an activating group) is 1. The summed E-state index contributed by atoms with van der Waals surface area (Å²) in [5, 5.41) is 8.01. The summed E-state index contributed by atoms with van der Waals surface area (Å²) in [5.74, 6) is -0.443. The van der Waals surface area contributed by atoms with E-state index < -0.39 is 11.4 Å². The molecule has 1 unspecified atom stereocenters. The largest absolute Gasteiger partial charge is 0.368 e. The molecular formula is C15H19ClN4O. The number of amides is 1. The van der Waals surface area contributed by atoms with Crippen LogP contribution in [0.2, 0.25) is 5.02 Å². The Morgan fingerprint density at radius 2 is 2.10 bits per heavy atom. The van der Waals surface area contributed by atoms with Crippen LogP contribution in [0.4, 0.5) is 0 Å². The molecule has 1 aromatic carbocycles. The highest BCUT2D eigenvalue weighted by molar-refractivity contribution is 6.31. The zero-order chi connectivity index (χ0) is 15.5. The third-order valence-electron chi connectivity index (χ3n) is 3.60. The summed E-state index contributed by atoms with van der Waals surface area (Å²) in [4.78, 5) is 12.2. The first-order valence-electron chi connectivity index (χ1n) is 6.79. The van der Waals surface area contributed by atoms with Crippen LogP contribution in [0.1, 0.15) is 18.2 Å². The molecule has 0 aliphatic rings. The number of hydrogen-bond acceptors (Lipinski definition) is 3. The minimum absolute atomic E-state index is 0.290. The summed E-state index contributed by atoms with van der Waals surface area (Å²) in [6.45, 7) is 4.69. The van der Waals surface area contributed by atoms with E-state index in [9.17, 15) is 4.79 Å². The predicted molar refractivity (Wildman–Crippen MR) is 83.0 cm³/mol. The van der Waals surface area contributed by atoms with E-state index in [1.165, 1.54) is 0 Å². The van der Waals surface area contributed by atoms with Crippen molar-refractivity contribution in [3.8, 4) is 0 Å². The molecule has 0 aliphatic heterocycles. The maximum absolute atomic E-state index is 12.2. The second-order valence-corrected chi connectivity index (χ2v) is 5.31. The minimum atomic E-state index is -1.02. The quantitative estimate of drug-likeness (QED) is 0.855. The molecule has 0 fully saturated rings. The molecule has 3 N–H and O–H groups in total. The Balaban J connectivity index is 2.50. The van der Waals surface area contributed by atoms with Gasteiger partial charge in [0.25, 0.3) is 0 Å². The van der Waals surface area contributed by atoms with E-state index in [0.717, 1.165) is 11.3 Å². The van der Waals surface area contributed by atoms with Crippen LogP contribution in [-0.2, 0) is 16.9 Å². The van der Waals surface area contributed by atoms with Crippen molar-refractivity contribution in [2.75, 3.05) is 6.54 Å². The van der Waals surface area contributed by atoms with E-state index >= 15 is 0 Å². The minimum Gasteiger partial charge on any atom is -0.368 e. The van der Waals surface area contributed by atoms with E-state index in [2.05, 4.69) is 10.4 Å². The van der Waals surface area contributed by atoms with Crippen molar-refractivity contribution in [1.82, 2.24) is 15.1 Å². The number of carbonyl (C=O) groups is 1. The van der Waals surface area contributed by atoms with Crippen LogP contribution in [0, 0.1) is 6.92 Å². The second kappa shape index (κ2) is 6.28. The molecule has 0 radical (unpaired) electrons. The third kappa shape index (κ3) is 2.94. The van der Waals surface area contributed by atoms with Gasteiger partial charge in [0.2, 0.25) is 5.91 Å². The van der Waals surface area contributed by atoms with Gasteiger partial charge >= 0.3 is 0 Å². The maximum atomic E-state index is 12.2. The molecule has 1 atom stereocenters. The average molecular weight is 307 g/mol. The van der Waals surface area contributed by atoms with Gasteiger partial charge in [0.05, 0.1) is 23.5 Å². The van der Waals surface area contributed by atoms with Gasteiger partial charge in [-0.05, 0) is 19.0 Å². The molecule has 2 aromatic rings. The summed E-state index contributed by atoms with van der Waals surface area (Å²) in [6, 6.07) is 9.43. The standard InChI is InChI=1S/C15H19ClN4O/c1-3-18-15(14(17)21,12-7-5-4-6-8-12)10-20-11(2)13(16)9-19-20/h4-9,18H,3,10H2,1-2H3,(H2,17,21). The molecule has 112 valence electrons. The molecule has 0 saturated heterocycles. The van der Waals surface area contributed by atoms with Gasteiger partial charge in [-0.2, -0.15) is 5.10 Å². The highest BCUT2D eigenvalue weighted by atomic mass is 35.5. The molecule has 2 rings (SSSR count). The van der Waals surface area contributed by atoms with Crippen LogP contribution in [0.3, 0.4) is 0 Å². The van der Waals surface area contributed by atoms with E-state index in [1.54, 1.807) is 10.9 Å². The molecule has 0 bridgehead atoms. The van der Waals surface area contributed by atoms with E-state index in [-0.39, 0.29) is 0 Å². The fraction of sp³-hybridized carbons (Fsp3) is 0.333. The van der Waals surface area contributed by atoms with Gasteiger partial charge < -0.3 is 5.73 Å². The fourth-order valence-corrected chi connectivity index (χ4v) is 2.53. The lowest BCUT2D eigenvalue weighted by atomic mass is 9.88. The highest BCUT2D eigenvalue weighted by Crippen LogP contribution is 2.25. The lowest BCUT2D eigenvalue weighted by Crippen LogP contribution is -2.55. The van der Waals surface area contributed by atoms with Crippen molar-refractivity contribution in [2.45, 2.75) is 25.9 Å². The summed E-state index contributed by atoms with van der Waals surface area (Å²) in [7, 11) is 0. The third-order valence-corrected chi connectivity index (χ3v) is 3.97. The van der Waals surface area contributed by atoms with Gasteiger partial charge in [-0.25, -0.2) is 0 Å². The second-order valence-electron chi connectivity index (χ2n) is 4.90. The highest BCUT2D eigenvalue weighted by Gasteiger charge is 2.39. The molecule has 5 nitrogen and oxygen atoms in total. The lowest BCUT2D eigenvalue weighted by molar-refractivity contribution is -0.125. The smallest absolute Gasteiger partial charge is 0.244 e. The van der Waals surface area contributed by atoms with Crippen molar-refractivity contribution in [3.63, 3.8) is 0 Å². The normalized spacial score (nSPS) is 13.9. The number of primary amides is 1. The first-order chi connectivity index (χ1) is 10.0. The molecule has 6 heteroatoms. The molecule has 1 aromatic heterocycles. The Kier molecular flexibility index (Phi) is 4.65. The van der Waals surface area contributed by atoms with E-state index in [1.807, 2.05) is 44.2 Å². The molecule has 0 aliphatic carbocycles. The molecule has 1 amide bonds. The average Bonchev–Trinajstić information content (AvgIpc) is 2.79. The van der Waals surface area contributed by atoms with Gasteiger partial charge in [-0.15, -0.1) is 0 Å². The summed E-state index contributed by atoms with van der Waals surface area (Å²) < 4.78 is 1.70. The van der Waals surface area contributed by atoms with Crippen molar-refractivity contribution < 1.29 is 4.79 Å². The van der Waals surface area contributed by atoms with Crippen LogP contribution < -0.4 is 11.1 Å². The number of aromatic nitrogens is 2.